The molecule has 1 amide bonds. The van der Waals surface area contributed by atoms with Gasteiger partial charge in [0.15, 0.2) is 0 Å². The molecule has 0 radical (unpaired) electrons. The summed E-state index contributed by atoms with van der Waals surface area (Å²) in [6.45, 7) is 5.51. The number of nitrogens with zero attached hydrogens (tertiary/aromatic N) is 1. The lowest BCUT2D eigenvalue weighted by Gasteiger charge is -2.32. The van der Waals surface area contributed by atoms with Crippen molar-refractivity contribution >= 4 is 6.09 Å². The van der Waals surface area contributed by atoms with Gasteiger partial charge in [0, 0.05) is 12.6 Å². The van der Waals surface area contributed by atoms with Crippen molar-refractivity contribution in [2.24, 2.45) is 0 Å². The van der Waals surface area contributed by atoms with Crippen LogP contribution in [-0.2, 0) is 4.74 Å². The summed E-state index contributed by atoms with van der Waals surface area (Å²) in [7, 11) is 0. The summed E-state index contributed by atoms with van der Waals surface area (Å²) >= 11 is 0. The van der Waals surface area contributed by atoms with Gasteiger partial charge in [0.05, 0.1) is 6.61 Å². The molecule has 0 N–H and O–H groups in total. The standard InChI is InChI=1S/C10H19NO2/c1-3-8-13-10(12)11-7-5-4-6-9(11)2/h9H,3-8H2,1-2H3/t9-/m1/s1. The predicted octanol–water partition coefficient (Wildman–Crippen LogP) is 2.41. The third-order valence-electron chi connectivity index (χ3n) is 2.47. The predicted molar refractivity (Wildman–Crippen MR) is 51.7 cm³/mol. The minimum Gasteiger partial charge on any atom is -0.449 e. The minimum absolute atomic E-state index is 0.131. The molecule has 1 rings (SSSR count). The molecule has 3 heteroatoms. The Balaban J connectivity index is 2.35. The van der Waals surface area contributed by atoms with E-state index in [2.05, 4.69) is 6.92 Å². The lowest BCUT2D eigenvalue weighted by atomic mass is 10.0. The van der Waals surface area contributed by atoms with E-state index in [4.69, 9.17) is 4.74 Å². The second kappa shape index (κ2) is 5.10. The van der Waals surface area contributed by atoms with Crippen molar-refractivity contribution in [2.45, 2.75) is 45.6 Å². The fraction of sp³-hybridized carbons (Fsp3) is 0.900. The third kappa shape index (κ3) is 2.90. The van der Waals surface area contributed by atoms with Crippen LogP contribution in [0.25, 0.3) is 0 Å². The van der Waals surface area contributed by atoms with E-state index < -0.39 is 0 Å². The van der Waals surface area contributed by atoms with Gasteiger partial charge in [-0.15, -0.1) is 0 Å². The molecule has 0 aliphatic carbocycles. The van der Waals surface area contributed by atoms with E-state index in [-0.39, 0.29) is 6.09 Å². The maximum atomic E-state index is 11.5. The number of hydrogen-bond acceptors (Lipinski definition) is 2. The van der Waals surface area contributed by atoms with Gasteiger partial charge in [-0.1, -0.05) is 6.92 Å². The second-order valence-electron chi connectivity index (χ2n) is 3.65. The van der Waals surface area contributed by atoms with Crippen LogP contribution in [0.1, 0.15) is 39.5 Å². The van der Waals surface area contributed by atoms with E-state index in [1.54, 1.807) is 0 Å². The van der Waals surface area contributed by atoms with Crippen LogP contribution in [0.2, 0.25) is 0 Å². The van der Waals surface area contributed by atoms with E-state index in [0.717, 1.165) is 25.8 Å². The first-order valence-corrected chi connectivity index (χ1v) is 5.19. The number of ether oxygens (including phenoxy) is 1. The average Bonchev–Trinajstić information content (AvgIpc) is 2.15. The Morgan fingerprint density at radius 2 is 2.31 bits per heavy atom. The first-order valence-electron chi connectivity index (χ1n) is 5.19. The Morgan fingerprint density at radius 1 is 1.54 bits per heavy atom. The highest BCUT2D eigenvalue weighted by Crippen LogP contribution is 2.17. The number of hydrogen-bond donors (Lipinski definition) is 0. The molecule has 1 atom stereocenters. The lowest BCUT2D eigenvalue weighted by molar-refractivity contribution is 0.0774. The smallest absolute Gasteiger partial charge is 0.409 e. The molecular formula is C10H19NO2. The molecule has 76 valence electrons. The Bertz CT molecular complexity index is 170. The van der Waals surface area contributed by atoms with Crippen LogP contribution in [0.3, 0.4) is 0 Å². The molecule has 0 spiro atoms. The first kappa shape index (κ1) is 10.4. The quantitative estimate of drug-likeness (QED) is 0.661. The molecule has 1 aliphatic heterocycles. The summed E-state index contributed by atoms with van der Waals surface area (Å²) in [4.78, 5) is 13.3. The van der Waals surface area contributed by atoms with Gasteiger partial charge in [-0.25, -0.2) is 4.79 Å². The van der Waals surface area contributed by atoms with Crippen molar-refractivity contribution in [1.29, 1.82) is 0 Å². The van der Waals surface area contributed by atoms with Crippen LogP contribution in [0.15, 0.2) is 0 Å². The number of amides is 1. The van der Waals surface area contributed by atoms with Crippen LogP contribution in [0, 0.1) is 0 Å². The van der Waals surface area contributed by atoms with Crippen molar-refractivity contribution in [1.82, 2.24) is 4.90 Å². The monoisotopic (exact) mass is 185 g/mol. The summed E-state index contributed by atoms with van der Waals surface area (Å²) < 4.78 is 5.09. The lowest BCUT2D eigenvalue weighted by Crippen LogP contribution is -2.42. The molecule has 13 heavy (non-hydrogen) atoms. The second-order valence-corrected chi connectivity index (χ2v) is 3.65. The summed E-state index contributed by atoms with van der Waals surface area (Å²) in [5, 5.41) is 0. The fourth-order valence-corrected chi connectivity index (χ4v) is 1.64. The number of carbonyl (C=O) groups is 1. The molecule has 3 nitrogen and oxygen atoms in total. The van der Waals surface area contributed by atoms with Crippen LogP contribution in [-0.4, -0.2) is 30.2 Å². The molecule has 1 heterocycles. The van der Waals surface area contributed by atoms with Crippen molar-refractivity contribution < 1.29 is 9.53 Å². The molecule has 0 unspecified atom stereocenters. The molecule has 0 aromatic carbocycles. The molecule has 0 bridgehead atoms. The van der Waals surface area contributed by atoms with Crippen LogP contribution in [0.4, 0.5) is 4.79 Å². The van der Waals surface area contributed by atoms with E-state index >= 15 is 0 Å². The summed E-state index contributed by atoms with van der Waals surface area (Å²) in [5.74, 6) is 0. The Labute approximate surface area is 80.1 Å². The van der Waals surface area contributed by atoms with E-state index in [1.807, 2.05) is 11.8 Å². The van der Waals surface area contributed by atoms with Crippen molar-refractivity contribution in [3.05, 3.63) is 0 Å². The highest BCUT2D eigenvalue weighted by atomic mass is 16.6. The average molecular weight is 185 g/mol. The van der Waals surface area contributed by atoms with Crippen LogP contribution >= 0.6 is 0 Å². The molecule has 1 fully saturated rings. The zero-order chi connectivity index (χ0) is 9.68. The maximum absolute atomic E-state index is 11.5. The SMILES string of the molecule is CCCOC(=O)N1CCCC[C@H]1C. The number of rotatable bonds is 2. The van der Waals surface area contributed by atoms with Crippen LogP contribution in [0.5, 0.6) is 0 Å². The van der Waals surface area contributed by atoms with Gasteiger partial charge in [0.2, 0.25) is 0 Å². The number of piperidine rings is 1. The largest absolute Gasteiger partial charge is 0.449 e. The van der Waals surface area contributed by atoms with Crippen molar-refractivity contribution in [2.75, 3.05) is 13.2 Å². The summed E-state index contributed by atoms with van der Waals surface area (Å²) in [6, 6.07) is 0.359. The van der Waals surface area contributed by atoms with E-state index in [9.17, 15) is 4.79 Å². The molecule has 1 aliphatic rings. The fourth-order valence-electron chi connectivity index (χ4n) is 1.64. The normalized spacial score (nSPS) is 22.9. The third-order valence-corrected chi connectivity index (χ3v) is 2.47. The van der Waals surface area contributed by atoms with E-state index in [1.165, 1.54) is 6.42 Å². The van der Waals surface area contributed by atoms with Gasteiger partial charge in [0.1, 0.15) is 0 Å². The van der Waals surface area contributed by atoms with Gasteiger partial charge < -0.3 is 9.64 Å². The number of carbonyl (C=O) groups excluding carboxylic acids is 1. The molecule has 0 aromatic heterocycles. The summed E-state index contributed by atoms with van der Waals surface area (Å²) in [5.41, 5.74) is 0. The van der Waals surface area contributed by atoms with Crippen molar-refractivity contribution in [3.63, 3.8) is 0 Å². The molecule has 0 saturated carbocycles. The van der Waals surface area contributed by atoms with Gasteiger partial charge in [-0.2, -0.15) is 0 Å². The first-order chi connectivity index (χ1) is 6.25. The molecular weight excluding hydrogens is 166 g/mol. The molecule has 1 saturated heterocycles. The highest BCUT2D eigenvalue weighted by molar-refractivity contribution is 5.68. The molecule has 0 aromatic rings. The summed E-state index contributed by atoms with van der Waals surface area (Å²) in [6.07, 6.45) is 4.23. The topological polar surface area (TPSA) is 29.5 Å². The van der Waals surface area contributed by atoms with Gasteiger partial charge in [-0.05, 0) is 32.6 Å². The van der Waals surface area contributed by atoms with Crippen molar-refractivity contribution in [3.8, 4) is 0 Å². The van der Waals surface area contributed by atoms with Gasteiger partial charge >= 0.3 is 6.09 Å². The van der Waals surface area contributed by atoms with E-state index in [0.29, 0.717) is 12.6 Å². The van der Waals surface area contributed by atoms with Gasteiger partial charge in [-0.3, -0.25) is 0 Å². The number of likely N-dealkylation sites (tertiary alicyclic amines) is 1. The highest BCUT2D eigenvalue weighted by Gasteiger charge is 2.23. The Morgan fingerprint density at radius 3 is 2.92 bits per heavy atom. The maximum Gasteiger partial charge on any atom is 0.409 e. The van der Waals surface area contributed by atoms with Gasteiger partial charge in [0.25, 0.3) is 0 Å². The zero-order valence-electron chi connectivity index (χ0n) is 8.58. The zero-order valence-corrected chi connectivity index (χ0v) is 8.58. The Kier molecular flexibility index (Phi) is 4.06. The Hall–Kier alpha value is -0.730. The minimum atomic E-state index is -0.131. The van der Waals surface area contributed by atoms with Crippen LogP contribution < -0.4 is 0 Å².